The van der Waals surface area contributed by atoms with Crippen molar-refractivity contribution < 1.29 is 0 Å². The van der Waals surface area contributed by atoms with Gasteiger partial charge in [0, 0.05) is 31.0 Å². The predicted molar refractivity (Wildman–Crippen MR) is 86.0 cm³/mol. The van der Waals surface area contributed by atoms with Crippen LogP contribution in [0.2, 0.25) is 0 Å². The average molecular weight is 321 g/mol. The molecule has 1 atom stereocenters. The smallest absolute Gasteiger partial charge is 0.191 e. The first-order valence-electron chi connectivity index (χ1n) is 7.91. The molecule has 8 heteroatoms. The molecule has 0 aromatic carbocycles. The average Bonchev–Trinajstić information content (AvgIpc) is 3.15. The van der Waals surface area contributed by atoms with E-state index in [4.69, 9.17) is 0 Å². The van der Waals surface area contributed by atoms with Crippen molar-refractivity contribution >= 4 is 11.8 Å². The molecule has 0 saturated carbocycles. The molecule has 0 radical (unpaired) electrons. The first-order chi connectivity index (χ1) is 10.8. The maximum absolute atomic E-state index is 4.33. The van der Waals surface area contributed by atoms with Crippen LogP contribution in [0.15, 0.2) is 11.4 Å². The molecule has 7 nitrogen and oxygen atoms in total. The Morgan fingerprint density at radius 3 is 3.05 bits per heavy atom. The van der Waals surface area contributed by atoms with E-state index >= 15 is 0 Å². The molecule has 0 unspecified atom stereocenters. The number of aryl methyl sites for hydroxylation is 2. The molecule has 2 aromatic rings. The Morgan fingerprint density at radius 1 is 1.36 bits per heavy atom. The fraction of sp³-hybridized carbons (Fsp3) is 0.714. The summed E-state index contributed by atoms with van der Waals surface area (Å²) in [5, 5.41) is 21.3. The number of aromatic nitrogens is 6. The van der Waals surface area contributed by atoms with E-state index in [0.717, 1.165) is 48.6 Å². The van der Waals surface area contributed by atoms with E-state index in [0.29, 0.717) is 5.92 Å². The summed E-state index contributed by atoms with van der Waals surface area (Å²) in [5.74, 6) is 2.41. The van der Waals surface area contributed by atoms with Crippen molar-refractivity contribution in [3.8, 4) is 0 Å². The lowest BCUT2D eigenvalue weighted by atomic mass is 9.97. The zero-order chi connectivity index (χ0) is 15.4. The van der Waals surface area contributed by atoms with E-state index in [-0.39, 0.29) is 0 Å². The van der Waals surface area contributed by atoms with E-state index in [1.54, 1.807) is 11.8 Å². The topological polar surface area (TPSA) is 73.5 Å². The van der Waals surface area contributed by atoms with Gasteiger partial charge in [0.2, 0.25) is 0 Å². The molecule has 1 N–H and O–H groups in total. The quantitative estimate of drug-likeness (QED) is 0.812. The number of hydrogen-bond donors (Lipinski definition) is 1. The van der Waals surface area contributed by atoms with Crippen molar-refractivity contribution in [1.82, 2.24) is 35.1 Å². The highest BCUT2D eigenvalue weighted by Gasteiger charge is 2.18. The SMILES string of the molecule is CCn1c(C)nnc1SCCn1cc([C@H]2CCCNC2)nn1. The summed E-state index contributed by atoms with van der Waals surface area (Å²) in [6, 6.07) is 0. The number of thioether (sulfide) groups is 1. The second-order valence-electron chi connectivity index (χ2n) is 5.57. The van der Waals surface area contributed by atoms with E-state index in [1.165, 1.54) is 12.8 Å². The van der Waals surface area contributed by atoms with Gasteiger partial charge in [-0.1, -0.05) is 17.0 Å². The van der Waals surface area contributed by atoms with Crippen LogP contribution in [-0.2, 0) is 13.1 Å². The minimum Gasteiger partial charge on any atom is -0.316 e. The lowest BCUT2D eigenvalue weighted by Crippen LogP contribution is -2.28. The highest BCUT2D eigenvalue weighted by atomic mass is 32.2. The second-order valence-corrected chi connectivity index (χ2v) is 6.63. The molecule has 1 saturated heterocycles. The summed E-state index contributed by atoms with van der Waals surface area (Å²) in [5.41, 5.74) is 1.12. The maximum Gasteiger partial charge on any atom is 0.191 e. The molecular formula is C14H23N7S. The van der Waals surface area contributed by atoms with Gasteiger partial charge in [-0.25, -0.2) is 0 Å². The van der Waals surface area contributed by atoms with Gasteiger partial charge in [-0.05, 0) is 33.2 Å². The molecule has 0 aliphatic carbocycles. The van der Waals surface area contributed by atoms with E-state index in [2.05, 4.69) is 43.5 Å². The molecule has 2 aromatic heterocycles. The Morgan fingerprint density at radius 2 is 2.27 bits per heavy atom. The molecule has 1 aliphatic heterocycles. The van der Waals surface area contributed by atoms with Gasteiger partial charge in [0.25, 0.3) is 0 Å². The number of rotatable bonds is 6. The normalized spacial score (nSPS) is 18.7. The third-order valence-corrected chi connectivity index (χ3v) is 4.99. The van der Waals surface area contributed by atoms with Gasteiger partial charge >= 0.3 is 0 Å². The fourth-order valence-electron chi connectivity index (χ4n) is 2.78. The Labute approximate surface area is 134 Å². The summed E-state index contributed by atoms with van der Waals surface area (Å²) in [6.45, 7) is 7.99. The van der Waals surface area contributed by atoms with Crippen LogP contribution in [0.1, 0.15) is 37.2 Å². The third-order valence-electron chi connectivity index (χ3n) is 4.04. The number of hydrogen-bond acceptors (Lipinski definition) is 6. The number of piperidine rings is 1. The van der Waals surface area contributed by atoms with Gasteiger partial charge in [-0.15, -0.1) is 15.3 Å². The first kappa shape index (κ1) is 15.5. The molecular weight excluding hydrogens is 298 g/mol. The van der Waals surface area contributed by atoms with Crippen LogP contribution in [-0.4, -0.2) is 48.6 Å². The van der Waals surface area contributed by atoms with Crippen molar-refractivity contribution in [3.05, 3.63) is 17.7 Å². The summed E-state index contributed by atoms with van der Waals surface area (Å²) in [6.07, 6.45) is 4.52. The number of nitrogens with one attached hydrogen (secondary N) is 1. The molecule has 0 amide bonds. The Hall–Kier alpha value is -1.41. The summed E-state index contributed by atoms with van der Waals surface area (Å²) in [4.78, 5) is 0. The molecule has 22 heavy (non-hydrogen) atoms. The summed E-state index contributed by atoms with van der Waals surface area (Å²) >= 11 is 1.72. The predicted octanol–water partition coefficient (Wildman–Crippen LogP) is 1.46. The largest absolute Gasteiger partial charge is 0.316 e. The monoisotopic (exact) mass is 321 g/mol. The molecule has 120 valence electrons. The van der Waals surface area contributed by atoms with Gasteiger partial charge in [-0.2, -0.15) is 0 Å². The lowest BCUT2D eigenvalue weighted by molar-refractivity contribution is 0.454. The van der Waals surface area contributed by atoms with Gasteiger partial charge in [-0.3, -0.25) is 4.68 Å². The van der Waals surface area contributed by atoms with Gasteiger partial charge in [0.15, 0.2) is 5.16 Å². The lowest BCUT2D eigenvalue weighted by Gasteiger charge is -2.20. The Kier molecular flexibility index (Phi) is 5.09. The minimum absolute atomic E-state index is 0.515. The molecule has 1 aliphatic rings. The Bertz CT molecular complexity index is 600. The van der Waals surface area contributed by atoms with Crippen LogP contribution in [0.3, 0.4) is 0 Å². The number of nitrogens with zero attached hydrogens (tertiary/aromatic N) is 6. The van der Waals surface area contributed by atoms with E-state index in [1.807, 2.05) is 11.6 Å². The highest BCUT2D eigenvalue weighted by molar-refractivity contribution is 7.99. The zero-order valence-electron chi connectivity index (χ0n) is 13.2. The zero-order valence-corrected chi connectivity index (χ0v) is 14.0. The minimum atomic E-state index is 0.515. The fourth-order valence-corrected chi connectivity index (χ4v) is 3.75. The first-order valence-corrected chi connectivity index (χ1v) is 8.90. The van der Waals surface area contributed by atoms with Crippen molar-refractivity contribution in [2.45, 2.75) is 50.9 Å². The van der Waals surface area contributed by atoms with Crippen molar-refractivity contribution in [1.29, 1.82) is 0 Å². The maximum atomic E-state index is 4.33. The molecule has 1 fully saturated rings. The standard InChI is InChI=1S/C14H23N7S/c1-3-21-11(2)16-18-14(21)22-8-7-20-10-13(17-19-20)12-5-4-6-15-9-12/h10,12,15H,3-9H2,1-2H3/t12-/m0/s1. The van der Waals surface area contributed by atoms with Crippen LogP contribution < -0.4 is 5.32 Å². The van der Waals surface area contributed by atoms with E-state index in [9.17, 15) is 0 Å². The van der Waals surface area contributed by atoms with Crippen LogP contribution in [0.25, 0.3) is 0 Å². The highest BCUT2D eigenvalue weighted by Crippen LogP contribution is 2.21. The van der Waals surface area contributed by atoms with Crippen molar-refractivity contribution in [2.24, 2.45) is 0 Å². The molecule has 0 spiro atoms. The van der Waals surface area contributed by atoms with Crippen molar-refractivity contribution in [2.75, 3.05) is 18.8 Å². The Balaban J connectivity index is 1.52. The van der Waals surface area contributed by atoms with Crippen LogP contribution in [0.4, 0.5) is 0 Å². The summed E-state index contributed by atoms with van der Waals surface area (Å²) in [7, 11) is 0. The van der Waals surface area contributed by atoms with Crippen LogP contribution in [0.5, 0.6) is 0 Å². The van der Waals surface area contributed by atoms with Gasteiger partial charge in [0.1, 0.15) is 5.82 Å². The van der Waals surface area contributed by atoms with Crippen molar-refractivity contribution in [3.63, 3.8) is 0 Å². The van der Waals surface area contributed by atoms with Crippen LogP contribution in [0, 0.1) is 6.92 Å². The van der Waals surface area contributed by atoms with Gasteiger partial charge in [0.05, 0.1) is 12.2 Å². The molecule has 3 rings (SSSR count). The molecule has 3 heterocycles. The van der Waals surface area contributed by atoms with Crippen LogP contribution >= 0.6 is 11.8 Å². The van der Waals surface area contributed by atoms with Gasteiger partial charge < -0.3 is 9.88 Å². The second kappa shape index (κ2) is 7.23. The molecule has 0 bridgehead atoms. The van der Waals surface area contributed by atoms with E-state index < -0.39 is 0 Å². The third kappa shape index (κ3) is 3.49. The summed E-state index contributed by atoms with van der Waals surface area (Å²) < 4.78 is 4.07.